The van der Waals surface area contributed by atoms with Crippen molar-refractivity contribution in [1.29, 1.82) is 0 Å². The third-order valence-corrected chi connectivity index (χ3v) is 3.17. The fourth-order valence-electron chi connectivity index (χ4n) is 2.18. The number of hydrogen-bond acceptors (Lipinski definition) is 4. The summed E-state index contributed by atoms with van der Waals surface area (Å²) in [6.45, 7) is 7.89. The molecule has 0 aliphatic heterocycles. The van der Waals surface area contributed by atoms with E-state index in [1.54, 1.807) is 26.0 Å². The molecule has 5 nitrogen and oxygen atoms in total. The van der Waals surface area contributed by atoms with Gasteiger partial charge in [-0.05, 0) is 45.5 Å². The van der Waals surface area contributed by atoms with Crippen molar-refractivity contribution in [1.82, 2.24) is 4.90 Å². The molecule has 21 heavy (non-hydrogen) atoms. The zero-order valence-electron chi connectivity index (χ0n) is 13.2. The molecule has 0 atom stereocenters. The molecule has 0 bridgehead atoms. The molecule has 1 aromatic carbocycles. The SMILES string of the molecule is CCN(CCCC(=O)Nc1ccccc1N)CC(C)(C)O. The molecule has 0 fully saturated rings. The number of amides is 1. The first kappa shape index (κ1) is 17.5. The molecule has 0 saturated carbocycles. The van der Waals surface area contributed by atoms with Gasteiger partial charge in [0, 0.05) is 13.0 Å². The van der Waals surface area contributed by atoms with Crippen LogP contribution in [-0.4, -0.2) is 41.1 Å². The highest BCUT2D eigenvalue weighted by molar-refractivity contribution is 5.93. The molecule has 0 saturated heterocycles. The van der Waals surface area contributed by atoms with E-state index in [0.717, 1.165) is 19.5 Å². The van der Waals surface area contributed by atoms with Crippen LogP contribution in [0.25, 0.3) is 0 Å². The molecular weight excluding hydrogens is 266 g/mol. The quantitative estimate of drug-likeness (QED) is 0.641. The summed E-state index contributed by atoms with van der Waals surface area (Å²) in [6.07, 6.45) is 1.19. The van der Waals surface area contributed by atoms with Crippen molar-refractivity contribution < 1.29 is 9.90 Å². The number of carbonyl (C=O) groups is 1. The number of nitrogens with two attached hydrogens (primary N) is 1. The van der Waals surface area contributed by atoms with Gasteiger partial charge in [0.2, 0.25) is 5.91 Å². The van der Waals surface area contributed by atoms with Crippen LogP contribution in [0.3, 0.4) is 0 Å². The van der Waals surface area contributed by atoms with Crippen molar-refractivity contribution in [3.05, 3.63) is 24.3 Å². The standard InChI is InChI=1S/C16H27N3O2/c1-4-19(12-16(2,3)21)11-7-10-15(20)18-14-9-6-5-8-13(14)17/h5-6,8-9,21H,4,7,10-12,17H2,1-3H3,(H,18,20). The molecule has 0 unspecified atom stereocenters. The lowest BCUT2D eigenvalue weighted by atomic mass is 10.1. The summed E-state index contributed by atoms with van der Waals surface area (Å²) in [6, 6.07) is 7.23. The average Bonchev–Trinajstić information content (AvgIpc) is 2.39. The zero-order valence-corrected chi connectivity index (χ0v) is 13.2. The van der Waals surface area contributed by atoms with Crippen LogP contribution in [0.2, 0.25) is 0 Å². The van der Waals surface area contributed by atoms with Crippen molar-refractivity contribution in [2.75, 3.05) is 30.7 Å². The number of carbonyl (C=O) groups excluding carboxylic acids is 1. The Morgan fingerprint density at radius 1 is 1.38 bits per heavy atom. The van der Waals surface area contributed by atoms with Gasteiger partial charge < -0.3 is 21.1 Å². The first-order chi connectivity index (χ1) is 9.81. The molecule has 1 aromatic rings. The Labute approximate surface area is 127 Å². The van der Waals surface area contributed by atoms with E-state index in [1.165, 1.54) is 0 Å². The van der Waals surface area contributed by atoms with Crippen LogP contribution >= 0.6 is 0 Å². The molecule has 118 valence electrons. The van der Waals surface area contributed by atoms with Crippen LogP contribution in [-0.2, 0) is 4.79 Å². The number of nitrogens with zero attached hydrogens (tertiary/aromatic N) is 1. The van der Waals surface area contributed by atoms with Crippen LogP contribution in [0.4, 0.5) is 11.4 Å². The van der Waals surface area contributed by atoms with E-state index >= 15 is 0 Å². The summed E-state index contributed by atoms with van der Waals surface area (Å²) < 4.78 is 0. The number of rotatable bonds is 8. The molecule has 0 aliphatic rings. The van der Waals surface area contributed by atoms with Gasteiger partial charge >= 0.3 is 0 Å². The summed E-state index contributed by atoms with van der Waals surface area (Å²) in [5.74, 6) is -0.0350. The third-order valence-electron chi connectivity index (χ3n) is 3.17. The van der Waals surface area contributed by atoms with Crippen LogP contribution in [0.15, 0.2) is 24.3 Å². The topological polar surface area (TPSA) is 78.6 Å². The lowest BCUT2D eigenvalue weighted by Gasteiger charge is -2.27. The number of nitrogen functional groups attached to an aromatic ring is 1. The Morgan fingerprint density at radius 2 is 2.05 bits per heavy atom. The van der Waals surface area contributed by atoms with Gasteiger partial charge in [0.1, 0.15) is 0 Å². The van der Waals surface area contributed by atoms with Crippen molar-refractivity contribution in [2.24, 2.45) is 0 Å². The van der Waals surface area contributed by atoms with Gasteiger partial charge in [0.25, 0.3) is 0 Å². The molecule has 0 aromatic heterocycles. The number of hydrogen-bond donors (Lipinski definition) is 3. The molecule has 0 radical (unpaired) electrons. The van der Waals surface area contributed by atoms with E-state index < -0.39 is 5.60 Å². The van der Waals surface area contributed by atoms with Crippen molar-refractivity contribution in [3.8, 4) is 0 Å². The van der Waals surface area contributed by atoms with E-state index in [4.69, 9.17) is 5.73 Å². The van der Waals surface area contributed by atoms with Crippen LogP contribution < -0.4 is 11.1 Å². The van der Waals surface area contributed by atoms with Gasteiger partial charge in [-0.1, -0.05) is 19.1 Å². The highest BCUT2D eigenvalue weighted by Crippen LogP contribution is 2.17. The van der Waals surface area contributed by atoms with Gasteiger partial charge in [-0.3, -0.25) is 4.79 Å². The van der Waals surface area contributed by atoms with Gasteiger partial charge in [-0.2, -0.15) is 0 Å². The Morgan fingerprint density at radius 3 is 2.62 bits per heavy atom. The average molecular weight is 293 g/mol. The van der Waals surface area contributed by atoms with Crippen LogP contribution in [0.1, 0.15) is 33.6 Å². The van der Waals surface area contributed by atoms with E-state index in [9.17, 15) is 9.90 Å². The number of anilines is 2. The summed E-state index contributed by atoms with van der Waals surface area (Å²) >= 11 is 0. The third kappa shape index (κ3) is 7.11. The van der Waals surface area contributed by atoms with Gasteiger partial charge in [-0.15, -0.1) is 0 Å². The Balaban J connectivity index is 2.35. The van der Waals surface area contributed by atoms with Crippen LogP contribution in [0.5, 0.6) is 0 Å². The summed E-state index contributed by atoms with van der Waals surface area (Å²) in [7, 11) is 0. The van der Waals surface area contributed by atoms with Gasteiger partial charge in [0.05, 0.1) is 17.0 Å². The molecule has 4 N–H and O–H groups in total. The fourth-order valence-corrected chi connectivity index (χ4v) is 2.18. The van der Waals surface area contributed by atoms with E-state index in [2.05, 4.69) is 17.1 Å². The predicted molar refractivity (Wildman–Crippen MR) is 87.1 cm³/mol. The second-order valence-electron chi connectivity index (χ2n) is 5.92. The largest absolute Gasteiger partial charge is 0.397 e. The molecule has 1 rings (SSSR count). The van der Waals surface area contributed by atoms with Gasteiger partial charge in [0.15, 0.2) is 0 Å². The Kier molecular flexibility index (Phi) is 6.65. The molecular formula is C16H27N3O2. The summed E-state index contributed by atoms with van der Waals surface area (Å²) in [5, 5.41) is 12.6. The Hall–Kier alpha value is -1.59. The molecule has 0 aliphatic carbocycles. The maximum atomic E-state index is 11.9. The minimum atomic E-state index is -0.712. The van der Waals surface area contributed by atoms with E-state index in [1.807, 2.05) is 12.1 Å². The summed E-state index contributed by atoms with van der Waals surface area (Å²) in [5.41, 5.74) is 6.31. The Bertz CT molecular complexity index is 455. The maximum Gasteiger partial charge on any atom is 0.224 e. The molecule has 0 spiro atoms. The molecule has 1 amide bonds. The van der Waals surface area contributed by atoms with Gasteiger partial charge in [-0.25, -0.2) is 0 Å². The van der Waals surface area contributed by atoms with E-state index in [0.29, 0.717) is 24.3 Å². The number of benzene rings is 1. The number of para-hydroxylation sites is 2. The molecule has 0 heterocycles. The number of likely N-dealkylation sites (N-methyl/N-ethyl adjacent to an activating group) is 1. The van der Waals surface area contributed by atoms with Crippen molar-refractivity contribution >= 4 is 17.3 Å². The number of aliphatic hydroxyl groups is 1. The second-order valence-corrected chi connectivity index (χ2v) is 5.92. The minimum Gasteiger partial charge on any atom is -0.397 e. The van der Waals surface area contributed by atoms with E-state index in [-0.39, 0.29) is 5.91 Å². The number of nitrogens with one attached hydrogen (secondary N) is 1. The van der Waals surface area contributed by atoms with Crippen LogP contribution in [0, 0.1) is 0 Å². The maximum absolute atomic E-state index is 11.9. The second kappa shape index (κ2) is 8.00. The predicted octanol–water partition coefficient (Wildman–Crippen LogP) is 2.08. The fraction of sp³-hybridized carbons (Fsp3) is 0.562. The minimum absolute atomic E-state index is 0.0350. The lowest BCUT2D eigenvalue weighted by molar-refractivity contribution is -0.116. The normalized spacial score (nSPS) is 11.7. The van der Waals surface area contributed by atoms with Crippen molar-refractivity contribution in [2.45, 2.75) is 39.2 Å². The zero-order chi connectivity index (χ0) is 15.9. The highest BCUT2D eigenvalue weighted by Gasteiger charge is 2.17. The highest BCUT2D eigenvalue weighted by atomic mass is 16.3. The van der Waals surface area contributed by atoms with Crippen molar-refractivity contribution in [3.63, 3.8) is 0 Å². The summed E-state index contributed by atoms with van der Waals surface area (Å²) in [4.78, 5) is 14.0. The lowest BCUT2D eigenvalue weighted by Crippen LogP contribution is -2.39. The first-order valence-electron chi connectivity index (χ1n) is 7.41. The molecule has 5 heteroatoms. The smallest absolute Gasteiger partial charge is 0.224 e. The monoisotopic (exact) mass is 293 g/mol. The first-order valence-corrected chi connectivity index (χ1v) is 7.41.